The monoisotopic (exact) mass is 285 g/mol. The van der Waals surface area contributed by atoms with Crippen LogP contribution in [0, 0.1) is 5.82 Å². The molecule has 1 aromatic heterocycles. The maximum atomic E-state index is 13.9. The van der Waals surface area contributed by atoms with Crippen molar-refractivity contribution in [3.63, 3.8) is 0 Å². The van der Waals surface area contributed by atoms with Gasteiger partial charge in [-0.05, 0) is 18.2 Å². The SMILES string of the molecule is COc1ccccc1OCc1cn(C)c2c(F)cccc12. The Bertz CT molecular complexity index is 780. The zero-order valence-corrected chi connectivity index (χ0v) is 12.0. The molecule has 21 heavy (non-hydrogen) atoms. The number of nitrogens with zero attached hydrogens (tertiary/aromatic N) is 1. The van der Waals surface area contributed by atoms with Crippen molar-refractivity contribution in [2.24, 2.45) is 7.05 Å². The second-order valence-corrected chi connectivity index (χ2v) is 4.84. The van der Waals surface area contributed by atoms with Crippen molar-refractivity contribution >= 4 is 10.9 Å². The lowest BCUT2D eigenvalue weighted by Gasteiger charge is -2.09. The van der Waals surface area contributed by atoms with E-state index in [0.717, 1.165) is 10.9 Å². The highest BCUT2D eigenvalue weighted by molar-refractivity contribution is 5.84. The summed E-state index contributed by atoms with van der Waals surface area (Å²) in [5.74, 6) is 1.14. The molecule has 0 radical (unpaired) electrons. The van der Waals surface area contributed by atoms with Gasteiger partial charge < -0.3 is 14.0 Å². The Balaban J connectivity index is 1.91. The predicted octanol–water partition coefficient (Wildman–Crippen LogP) is 3.91. The molecule has 0 N–H and O–H groups in total. The molecule has 0 saturated heterocycles. The minimum Gasteiger partial charge on any atom is -0.493 e. The largest absolute Gasteiger partial charge is 0.493 e. The van der Waals surface area contributed by atoms with E-state index in [1.54, 1.807) is 17.7 Å². The lowest BCUT2D eigenvalue weighted by atomic mass is 10.2. The van der Waals surface area contributed by atoms with Crippen LogP contribution >= 0.6 is 0 Å². The predicted molar refractivity (Wildman–Crippen MR) is 80.2 cm³/mol. The fourth-order valence-electron chi connectivity index (χ4n) is 2.51. The number of ether oxygens (including phenoxy) is 2. The molecule has 0 aliphatic carbocycles. The second kappa shape index (κ2) is 5.48. The van der Waals surface area contributed by atoms with Crippen molar-refractivity contribution < 1.29 is 13.9 Å². The number of benzene rings is 2. The Morgan fingerprint density at radius 2 is 1.81 bits per heavy atom. The third-order valence-electron chi connectivity index (χ3n) is 3.49. The van der Waals surface area contributed by atoms with Crippen molar-refractivity contribution in [2.45, 2.75) is 6.61 Å². The fraction of sp³-hybridized carbons (Fsp3) is 0.176. The smallest absolute Gasteiger partial charge is 0.161 e. The van der Waals surface area contributed by atoms with Crippen LogP contribution in [0.25, 0.3) is 10.9 Å². The average molecular weight is 285 g/mol. The van der Waals surface area contributed by atoms with E-state index in [-0.39, 0.29) is 5.82 Å². The van der Waals surface area contributed by atoms with Crippen LogP contribution < -0.4 is 9.47 Å². The van der Waals surface area contributed by atoms with Crippen molar-refractivity contribution in [2.75, 3.05) is 7.11 Å². The molecule has 4 heteroatoms. The van der Waals surface area contributed by atoms with Crippen molar-refractivity contribution in [3.8, 4) is 11.5 Å². The van der Waals surface area contributed by atoms with Gasteiger partial charge in [-0.25, -0.2) is 4.39 Å². The maximum Gasteiger partial charge on any atom is 0.161 e. The summed E-state index contributed by atoms with van der Waals surface area (Å²) in [7, 11) is 3.44. The zero-order chi connectivity index (χ0) is 14.8. The maximum absolute atomic E-state index is 13.9. The highest BCUT2D eigenvalue weighted by Crippen LogP contribution is 2.29. The quantitative estimate of drug-likeness (QED) is 0.725. The van der Waals surface area contributed by atoms with Gasteiger partial charge in [0.15, 0.2) is 11.5 Å². The first-order chi connectivity index (χ1) is 10.2. The Kier molecular flexibility index (Phi) is 3.52. The minimum atomic E-state index is -0.224. The van der Waals surface area contributed by atoms with Crippen LogP contribution in [0.3, 0.4) is 0 Å². The highest BCUT2D eigenvalue weighted by Gasteiger charge is 2.11. The summed E-state index contributed by atoms with van der Waals surface area (Å²) in [5.41, 5.74) is 1.54. The van der Waals surface area contributed by atoms with E-state index in [1.165, 1.54) is 6.07 Å². The molecule has 3 nitrogen and oxygen atoms in total. The zero-order valence-electron chi connectivity index (χ0n) is 12.0. The summed E-state index contributed by atoms with van der Waals surface area (Å²) in [6.07, 6.45) is 1.89. The normalized spacial score (nSPS) is 10.8. The topological polar surface area (TPSA) is 23.4 Å². The standard InChI is InChI=1S/C17H16FNO2/c1-19-10-12(13-6-5-7-14(18)17(13)19)11-21-16-9-4-3-8-15(16)20-2/h3-10H,11H2,1-2H3. The molecule has 0 spiro atoms. The Hall–Kier alpha value is -2.49. The van der Waals surface area contributed by atoms with Gasteiger partial charge in [-0.15, -0.1) is 0 Å². The molecule has 0 atom stereocenters. The number of hydrogen-bond donors (Lipinski definition) is 0. The van der Waals surface area contributed by atoms with E-state index >= 15 is 0 Å². The van der Waals surface area contributed by atoms with Crippen molar-refractivity contribution in [1.29, 1.82) is 0 Å². The minimum absolute atomic E-state index is 0.224. The average Bonchev–Trinajstić information content (AvgIpc) is 2.83. The van der Waals surface area contributed by atoms with E-state index in [1.807, 2.05) is 43.6 Å². The molecule has 3 rings (SSSR count). The van der Waals surface area contributed by atoms with Crippen LogP contribution in [0.15, 0.2) is 48.7 Å². The van der Waals surface area contributed by atoms with Crippen LogP contribution in [0.5, 0.6) is 11.5 Å². The highest BCUT2D eigenvalue weighted by atomic mass is 19.1. The Morgan fingerprint density at radius 1 is 1.05 bits per heavy atom. The number of halogens is 1. The first-order valence-corrected chi connectivity index (χ1v) is 6.69. The molecule has 0 amide bonds. The molecule has 1 heterocycles. The van der Waals surface area contributed by atoms with Gasteiger partial charge >= 0.3 is 0 Å². The van der Waals surface area contributed by atoms with Gasteiger partial charge in [0.1, 0.15) is 12.4 Å². The van der Waals surface area contributed by atoms with E-state index in [9.17, 15) is 4.39 Å². The van der Waals surface area contributed by atoms with Crippen LogP contribution in [0.1, 0.15) is 5.56 Å². The van der Waals surface area contributed by atoms with Gasteiger partial charge in [-0.3, -0.25) is 0 Å². The van der Waals surface area contributed by atoms with Crippen molar-refractivity contribution in [1.82, 2.24) is 4.57 Å². The van der Waals surface area contributed by atoms with Crippen LogP contribution in [0.2, 0.25) is 0 Å². The molecular formula is C17H16FNO2. The second-order valence-electron chi connectivity index (χ2n) is 4.84. The van der Waals surface area contributed by atoms with Crippen LogP contribution in [-0.4, -0.2) is 11.7 Å². The number of para-hydroxylation sites is 3. The van der Waals surface area contributed by atoms with Crippen LogP contribution in [-0.2, 0) is 13.7 Å². The summed E-state index contributed by atoms with van der Waals surface area (Å²) in [6, 6.07) is 12.6. The van der Waals surface area contributed by atoms with E-state index in [2.05, 4.69) is 0 Å². The Labute approximate surface area is 122 Å². The van der Waals surface area contributed by atoms with Crippen molar-refractivity contribution in [3.05, 3.63) is 60.0 Å². The molecule has 0 saturated carbocycles. The number of hydrogen-bond acceptors (Lipinski definition) is 2. The van der Waals surface area contributed by atoms with Gasteiger partial charge in [-0.2, -0.15) is 0 Å². The molecule has 0 aliphatic rings. The van der Waals surface area contributed by atoms with Gasteiger partial charge in [0.2, 0.25) is 0 Å². The number of aromatic nitrogens is 1. The van der Waals surface area contributed by atoms with Crippen LogP contribution in [0.4, 0.5) is 4.39 Å². The number of fused-ring (bicyclic) bond motifs is 1. The summed E-state index contributed by atoms with van der Waals surface area (Å²) in [4.78, 5) is 0. The van der Waals surface area contributed by atoms with Gasteiger partial charge in [-0.1, -0.05) is 24.3 Å². The number of rotatable bonds is 4. The first kappa shape index (κ1) is 13.5. The molecule has 2 aromatic carbocycles. The molecule has 0 bridgehead atoms. The molecule has 108 valence electrons. The number of aryl methyl sites for hydroxylation is 1. The molecule has 0 unspecified atom stereocenters. The van der Waals surface area contributed by atoms with Gasteiger partial charge in [0.05, 0.1) is 12.6 Å². The summed E-state index contributed by atoms with van der Waals surface area (Å²) >= 11 is 0. The third-order valence-corrected chi connectivity index (χ3v) is 3.49. The molecule has 0 aliphatic heterocycles. The Morgan fingerprint density at radius 3 is 2.57 bits per heavy atom. The lowest BCUT2D eigenvalue weighted by molar-refractivity contribution is 0.285. The van der Waals surface area contributed by atoms with Gasteiger partial charge in [0.25, 0.3) is 0 Å². The van der Waals surface area contributed by atoms with E-state index in [0.29, 0.717) is 23.6 Å². The summed E-state index contributed by atoms with van der Waals surface area (Å²) in [5, 5.41) is 0.868. The summed E-state index contributed by atoms with van der Waals surface area (Å²) < 4.78 is 26.7. The van der Waals surface area contributed by atoms with Gasteiger partial charge in [0, 0.05) is 24.2 Å². The fourth-order valence-corrected chi connectivity index (χ4v) is 2.51. The lowest BCUT2D eigenvalue weighted by Crippen LogP contribution is -1.97. The first-order valence-electron chi connectivity index (χ1n) is 6.69. The van der Waals surface area contributed by atoms with E-state index < -0.39 is 0 Å². The third kappa shape index (κ3) is 2.44. The van der Waals surface area contributed by atoms with E-state index in [4.69, 9.17) is 9.47 Å². The molecular weight excluding hydrogens is 269 g/mol. The number of methoxy groups -OCH3 is 1. The molecule has 0 fully saturated rings. The molecule has 3 aromatic rings. The summed E-state index contributed by atoms with van der Waals surface area (Å²) in [6.45, 7) is 0.362.